The standard InChI is InChI=1S/C15H18N8O2/c1-9-20-21-22-23(9)11-5-10(6-12(7-11)24-3)18-15-17-8-13(25-4)14(16-2)19-15/h5-8H,1-4H3,(H2,16,17,18,19). The number of anilines is 3. The number of nitrogens with one attached hydrogen (secondary N) is 2. The van der Waals surface area contributed by atoms with Crippen molar-refractivity contribution < 1.29 is 9.47 Å². The minimum atomic E-state index is 0.415. The maximum Gasteiger partial charge on any atom is 0.229 e. The molecule has 0 aliphatic carbocycles. The minimum Gasteiger partial charge on any atom is -0.497 e. The van der Waals surface area contributed by atoms with Crippen molar-refractivity contribution >= 4 is 17.5 Å². The molecule has 0 atom stereocenters. The Balaban J connectivity index is 1.96. The summed E-state index contributed by atoms with van der Waals surface area (Å²) in [5, 5.41) is 17.6. The third-order valence-corrected chi connectivity index (χ3v) is 3.47. The molecule has 1 aromatic carbocycles. The molecule has 0 aliphatic heterocycles. The van der Waals surface area contributed by atoms with E-state index in [0.29, 0.717) is 29.1 Å². The number of hydrogen-bond acceptors (Lipinski definition) is 9. The van der Waals surface area contributed by atoms with E-state index in [4.69, 9.17) is 9.47 Å². The molecule has 3 aromatic rings. The van der Waals surface area contributed by atoms with Gasteiger partial charge in [-0.15, -0.1) is 5.10 Å². The molecule has 0 radical (unpaired) electrons. The average Bonchev–Trinajstić information content (AvgIpc) is 3.07. The summed E-state index contributed by atoms with van der Waals surface area (Å²) in [6.45, 7) is 1.82. The van der Waals surface area contributed by atoms with Crippen molar-refractivity contribution in [1.82, 2.24) is 30.2 Å². The summed E-state index contributed by atoms with van der Waals surface area (Å²) >= 11 is 0. The molecule has 130 valence electrons. The molecule has 2 heterocycles. The fourth-order valence-electron chi connectivity index (χ4n) is 2.25. The third-order valence-electron chi connectivity index (χ3n) is 3.47. The number of benzene rings is 1. The maximum absolute atomic E-state index is 5.36. The quantitative estimate of drug-likeness (QED) is 0.689. The molecular weight excluding hydrogens is 324 g/mol. The molecule has 3 rings (SSSR count). The lowest BCUT2D eigenvalue weighted by Gasteiger charge is -2.12. The van der Waals surface area contributed by atoms with Crippen LogP contribution < -0.4 is 20.1 Å². The number of aromatic nitrogens is 6. The third kappa shape index (κ3) is 3.42. The molecule has 2 N–H and O–H groups in total. The Morgan fingerprint density at radius 2 is 1.96 bits per heavy atom. The van der Waals surface area contributed by atoms with Crippen LogP contribution in [0.4, 0.5) is 17.5 Å². The number of ether oxygens (including phenoxy) is 2. The molecular formula is C15H18N8O2. The van der Waals surface area contributed by atoms with Crippen molar-refractivity contribution in [1.29, 1.82) is 0 Å². The van der Waals surface area contributed by atoms with Crippen LogP contribution in [0.3, 0.4) is 0 Å². The van der Waals surface area contributed by atoms with E-state index in [-0.39, 0.29) is 0 Å². The van der Waals surface area contributed by atoms with Crippen LogP contribution in [0.15, 0.2) is 24.4 Å². The Morgan fingerprint density at radius 1 is 1.12 bits per heavy atom. The zero-order valence-corrected chi connectivity index (χ0v) is 14.3. The van der Waals surface area contributed by atoms with Gasteiger partial charge in [0.1, 0.15) is 5.75 Å². The highest BCUT2D eigenvalue weighted by Gasteiger charge is 2.10. The van der Waals surface area contributed by atoms with E-state index in [2.05, 4.69) is 36.1 Å². The molecule has 0 saturated heterocycles. The summed E-state index contributed by atoms with van der Waals surface area (Å²) in [5.74, 6) is 2.87. The van der Waals surface area contributed by atoms with Crippen LogP contribution in [0, 0.1) is 6.92 Å². The number of aryl methyl sites for hydroxylation is 1. The first-order chi connectivity index (χ1) is 12.1. The number of methoxy groups -OCH3 is 2. The molecule has 0 spiro atoms. The number of nitrogens with zero attached hydrogens (tertiary/aromatic N) is 6. The highest BCUT2D eigenvalue weighted by molar-refractivity contribution is 5.62. The average molecular weight is 342 g/mol. The van der Waals surface area contributed by atoms with Gasteiger partial charge in [-0.1, -0.05) is 0 Å². The van der Waals surface area contributed by atoms with Gasteiger partial charge in [0.25, 0.3) is 0 Å². The number of tetrazole rings is 1. The Hall–Kier alpha value is -3.43. The lowest BCUT2D eigenvalue weighted by Crippen LogP contribution is -2.04. The smallest absolute Gasteiger partial charge is 0.229 e. The van der Waals surface area contributed by atoms with Gasteiger partial charge in [0.05, 0.1) is 26.1 Å². The lowest BCUT2D eigenvalue weighted by atomic mass is 10.2. The van der Waals surface area contributed by atoms with Gasteiger partial charge in [0.2, 0.25) is 5.95 Å². The van der Waals surface area contributed by atoms with Crippen molar-refractivity contribution in [3.63, 3.8) is 0 Å². The first kappa shape index (κ1) is 16.4. The Bertz CT molecular complexity index is 880. The number of hydrogen-bond donors (Lipinski definition) is 2. The van der Waals surface area contributed by atoms with Gasteiger partial charge in [-0.05, 0) is 23.4 Å². The summed E-state index contributed by atoms with van der Waals surface area (Å²) < 4.78 is 12.2. The second kappa shape index (κ2) is 6.99. The summed E-state index contributed by atoms with van der Waals surface area (Å²) in [7, 11) is 4.92. The molecule has 25 heavy (non-hydrogen) atoms. The molecule has 10 heteroatoms. The van der Waals surface area contributed by atoms with Gasteiger partial charge >= 0.3 is 0 Å². The summed E-state index contributed by atoms with van der Waals surface area (Å²) in [5.41, 5.74) is 1.49. The zero-order chi connectivity index (χ0) is 17.8. The van der Waals surface area contributed by atoms with Crippen LogP contribution in [0.25, 0.3) is 5.69 Å². The number of rotatable bonds is 6. The van der Waals surface area contributed by atoms with Gasteiger partial charge < -0.3 is 20.1 Å². The molecule has 0 saturated carbocycles. The van der Waals surface area contributed by atoms with E-state index >= 15 is 0 Å². The molecule has 2 aromatic heterocycles. The second-order valence-electron chi connectivity index (χ2n) is 5.04. The summed E-state index contributed by atoms with van der Waals surface area (Å²) in [6.07, 6.45) is 1.59. The van der Waals surface area contributed by atoms with Crippen LogP contribution in [0.5, 0.6) is 11.5 Å². The first-order valence-electron chi connectivity index (χ1n) is 7.45. The molecule has 0 bridgehead atoms. The molecule has 0 unspecified atom stereocenters. The van der Waals surface area contributed by atoms with Crippen LogP contribution in [0.1, 0.15) is 5.82 Å². The van der Waals surface area contributed by atoms with Gasteiger partial charge in [0, 0.05) is 24.9 Å². The maximum atomic E-state index is 5.36. The fourth-order valence-corrected chi connectivity index (χ4v) is 2.25. The van der Waals surface area contributed by atoms with E-state index in [9.17, 15) is 0 Å². The van der Waals surface area contributed by atoms with Crippen LogP contribution in [-0.4, -0.2) is 51.4 Å². The molecule has 0 amide bonds. The molecule has 10 nitrogen and oxygen atoms in total. The molecule has 0 fully saturated rings. The Kier molecular flexibility index (Phi) is 4.59. The van der Waals surface area contributed by atoms with Gasteiger partial charge in [-0.3, -0.25) is 0 Å². The van der Waals surface area contributed by atoms with Crippen molar-refractivity contribution in [2.45, 2.75) is 6.92 Å². The largest absolute Gasteiger partial charge is 0.497 e. The normalized spacial score (nSPS) is 10.4. The fraction of sp³-hybridized carbons (Fsp3) is 0.267. The second-order valence-corrected chi connectivity index (χ2v) is 5.04. The highest BCUT2D eigenvalue weighted by Crippen LogP contribution is 2.27. The van der Waals surface area contributed by atoms with E-state index in [1.165, 1.54) is 0 Å². The van der Waals surface area contributed by atoms with Crippen molar-refractivity contribution in [3.8, 4) is 17.2 Å². The monoisotopic (exact) mass is 342 g/mol. The molecule has 0 aliphatic rings. The van der Waals surface area contributed by atoms with E-state index in [0.717, 1.165) is 11.4 Å². The predicted octanol–water partition coefficient (Wildman–Crippen LogP) is 1.56. The van der Waals surface area contributed by atoms with Gasteiger partial charge in [0.15, 0.2) is 17.4 Å². The van der Waals surface area contributed by atoms with Crippen molar-refractivity contribution in [3.05, 3.63) is 30.2 Å². The summed E-state index contributed by atoms with van der Waals surface area (Å²) in [4.78, 5) is 8.62. The Morgan fingerprint density at radius 3 is 2.60 bits per heavy atom. The van der Waals surface area contributed by atoms with Gasteiger partial charge in [-0.2, -0.15) is 9.67 Å². The topological polar surface area (TPSA) is 112 Å². The predicted molar refractivity (Wildman–Crippen MR) is 91.9 cm³/mol. The van der Waals surface area contributed by atoms with E-state index in [1.807, 2.05) is 25.1 Å². The highest BCUT2D eigenvalue weighted by atomic mass is 16.5. The van der Waals surface area contributed by atoms with Crippen LogP contribution in [0.2, 0.25) is 0 Å². The van der Waals surface area contributed by atoms with Gasteiger partial charge in [-0.25, -0.2) is 4.98 Å². The lowest BCUT2D eigenvalue weighted by molar-refractivity contribution is 0.413. The van der Waals surface area contributed by atoms with Crippen LogP contribution >= 0.6 is 0 Å². The zero-order valence-electron chi connectivity index (χ0n) is 14.3. The first-order valence-corrected chi connectivity index (χ1v) is 7.45. The van der Waals surface area contributed by atoms with E-state index < -0.39 is 0 Å². The Labute approximate surface area is 144 Å². The van der Waals surface area contributed by atoms with Crippen molar-refractivity contribution in [2.75, 3.05) is 31.9 Å². The van der Waals surface area contributed by atoms with Crippen LogP contribution in [-0.2, 0) is 0 Å². The SMILES string of the molecule is CNc1nc(Nc2cc(OC)cc(-n3nnnc3C)c2)ncc1OC. The summed E-state index contributed by atoms with van der Waals surface area (Å²) in [6, 6.07) is 5.54. The van der Waals surface area contributed by atoms with E-state index in [1.54, 1.807) is 32.1 Å². The minimum absolute atomic E-state index is 0.415. The van der Waals surface area contributed by atoms with Crippen molar-refractivity contribution in [2.24, 2.45) is 0 Å².